The quantitative estimate of drug-likeness (QED) is 0.609. The molecule has 2 aromatic heterocycles. The number of halogens is 3. The van der Waals surface area contributed by atoms with Gasteiger partial charge in [-0.3, -0.25) is 4.79 Å². The highest BCUT2D eigenvalue weighted by molar-refractivity contribution is 7.18. The molecule has 0 saturated heterocycles. The van der Waals surface area contributed by atoms with Gasteiger partial charge < -0.3 is 9.84 Å². The summed E-state index contributed by atoms with van der Waals surface area (Å²) in [5.74, 6) is -0.0571. The standard InChI is InChI=1S/C17H14ClF2N4O3P/c18-12-5-10(1-3-14(12)25)8-24-15(26)4-2-13(23-24)11-6-21-16(22-7-11)27-9-17(19,20)28/h1-7,25H,8-9,28H2. The Labute approximate surface area is 165 Å². The molecule has 2 heterocycles. The molecule has 0 radical (unpaired) electrons. The molecule has 0 saturated carbocycles. The van der Waals surface area contributed by atoms with Crippen LogP contribution in [0.1, 0.15) is 5.56 Å². The molecule has 0 spiro atoms. The molecule has 0 aliphatic carbocycles. The number of nitrogens with zero attached hydrogens (tertiary/aromatic N) is 4. The third kappa shape index (κ3) is 5.21. The van der Waals surface area contributed by atoms with Crippen LogP contribution in [0, 0.1) is 0 Å². The maximum absolute atomic E-state index is 12.8. The van der Waals surface area contributed by atoms with E-state index in [0.29, 0.717) is 16.8 Å². The lowest BCUT2D eigenvalue weighted by Crippen LogP contribution is -2.22. The van der Waals surface area contributed by atoms with Crippen molar-refractivity contribution in [1.82, 2.24) is 19.7 Å². The third-order valence-electron chi connectivity index (χ3n) is 3.53. The lowest BCUT2D eigenvalue weighted by Gasteiger charge is -2.10. The maximum Gasteiger partial charge on any atom is 0.316 e. The van der Waals surface area contributed by atoms with Crippen LogP contribution in [0.3, 0.4) is 0 Å². The molecule has 3 aromatic rings. The van der Waals surface area contributed by atoms with Crippen molar-refractivity contribution in [3.05, 3.63) is 63.7 Å². The van der Waals surface area contributed by atoms with Crippen LogP contribution < -0.4 is 10.3 Å². The van der Waals surface area contributed by atoms with Gasteiger partial charge in [-0.2, -0.15) is 13.9 Å². The van der Waals surface area contributed by atoms with Crippen LogP contribution in [0.5, 0.6) is 11.8 Å². The second-order valence-electron chi connectivity index (χ2n) is 5.80. The van der Waals surface area contributed by atoms with Gasteiger partial charge >= 0.3 is 6.01 Å². The van der Waals surface area contributed by atoms with E-state index in [-0.39, 0.29) is 28.9 Å². The van der Waals surface area contributed by atoms with Crippen LogP contribution in [0.2, 0.25) is 5.02 Å². The number of phenols is 1. The number of aromatic nitrogens is 4. The Morgan fingerprint density at radius 2 is 1.93 bits per heavy atom. The van der Waals surface area contributed by atoms with Crippen molar-refractivity contribution >= 4 is 20.8 Å². The van der Waals surface area contributed by atoms with Crippen molar-refractivity contribution in [3.63, 3.8) is 0 Å². The van der Waals surface area contributed by atoms with Crippen LogP contribution in [-0.4, -0.2) is 37.1 Å². The number of rotatable bonds is 6. The largest absolute Gasteiger partial charge is 0.506 e. The fourth-order valence-corrected chi connectivity index (χ4v) is 2.51. The fraction of sp³-hybridized carbons (Fsp3) is 0.176. The first kappa shape index (κ1) is 20.1. The highest BCUT2D eigenvalue weighted by atomic mass is 35.5. The molecular weight excluding hydrogens is 413 g/mol. The van der Waals surface area contributed by atoms with Crippen LogP contribution in [0.15, 0.2) is 47.5 Å². The third-order valence-corrected chi connectivity index (χ3v) is 4.00. The zero-order valence-electron chi connectivity index (χ0n) is 14.2. The topological polar surface area (TPSA) is 90.1 Å². The minimum absolute atomic E-state index is 0.0571. The normalized spacial score (nSPS) is 11.4. The number of hydrogen-bond donors (Lipinski definition) is 1. The number of hydrogen-bond acceptors (Lipinski definition) is 6. The monoisotopic (exact) mass is 426 g/mol. The van der Waals surface area contributed by atoms with E-state index in [1.807, 2.05) is 0 Å². The smallest absolute Gasteiger partial charge is 0.316 e. The van der Waals surface area contributed by atoms with Gasteiger partial charge in [0.15, 0.2) is 6.61 Å². The van der Waals surface area contributed by atoms with Crippen molar-refractivity contribution in [1.29, 1.82) is 0 Å². The Morgan fingerprint density at radius 1 is 1.21 bits per heavy atom. The molecule has 0 amide bonds. The fourth-order valence-electron chi connectivity index (χ4n) is 2.22. The van der Waals surface area contributed by atoms with Crippen molar-refractivity contribution in [2.24, 2.45) is 0 Å². The molecule has 1 N–H and O–H groups in total. The molecule has 1 unspecified atom stereocenters. The first-order valence-electron chi connectivity index (χ1n) is 7.89. The zero-order valence-corrected chi connectivity index (χ0v) is 16.1. The number of alkyl halides is 2. The number of ether oxygens (including phenoxy) is 1. The SMILES string of the molecule is O=c1ccc(-c2cnc(OCC(F)(F)P)nc2)nn1Cc1ccc(O)c(Cl)c1. The van der Waals surface area contributed by atoms with Gasteiger partial charge in [-0.15, -0.1) is 0 Å². The number of benzene rings is 1. The Morgan fingerprint density at radius 3 is 2.57 bits per heavy atom. The molecule has 1 atom stereocenters. The van der Waals surface area contributed by atoms with E-state index in [0.717, 1.165) is 0 Å². The van der Waals surface area contributed by atoms with Gasteiger partial charge in [0.1, 0.15) is 5.75 Å². The van der Waals surface area contributed by atoms with Crippen molar-refractivity contribution in [2.45, 2.75) is 12.2 Å². The number of phenolic OH excluding ortho intramolecular Hbond substituents is 1. The summed E-state index contributed by atoms with van der Waals surface area (Å²) < 4.78 is 31.6. The summed E-state index contributed by atoms with van der Waals surface area (Å²) in [6, 6.07) is 7.23. The van der Waals surface area contributed by atoms with Crippen LogP contribution in [0.4, 0.5) is 8.78 Å². The predicted octanol–water partition coefficient (Wildman–Crippen LogP) is 2.95. The van der Waals surface area contributed by atoms with Gasteiger partial charge in [0.05, 0.1) is 17.3 Å². The number of aromatic hydroxyl groups is 1. The molecule has 11 heteroatoms. The van der Waals surface area contributed by atoms with Crippen LogP contribution >= 0.6 is 20.8 Å². The van der Waals surface area contributed by atoms with Crippen molar-refractivity contribution in [3.8, 4) is 23.0 Å². The van der Waals surface area contributed by atoms with Gasteiger partial charge in [0.25, 0.3) is 11.2 Å². The molecular formula is C17H14ClF2N4O3P. The second-order valence-corrected chi connectivity index (χ2v) is 7.06. The minimum atomic E-state index is -3.07. The van der Waals surface area contributed by atoms with Gasteiger partial charge in [-0.1, -0.05) is 26.9 Å². The summed E-state index contributed by atoms with van der Waals surface area (Å²) in [5.41, 5.74) is -1.85. The average molecular weight is 427 g/mol. The van der Waals surface area contributed by atoms with E-state index in [1.54, 1.807) is 6.07 Å². The first-order valence-corrected chi connectivity index (χ1v) is 8.84. The van der Waals surface area contributed by atoms with Gasteiger partial charge in [0.2, 0.25) is 0 Å². The summed E-state index contributed by atoms with van der Waals surface area (Å²) in [6.07, 6.45) is 2.72. The van der Waals surface area contributed by atoms with E-state index in [9.17, 15) is 18.7 Å². The summed E-state index contributed by atoms with van der Waals surface area (Å²) in [4.78, 5) is 19.8. The molecule has 7 nitrogen and oxygen atoms in total. The molecule has 0 aliphatic heterocycles. The maximum atomic E-state index is 12.8. The summed E-state index contributed by atoms with van der Waals surface area (Å²) in [7, 11) is 1.37. The predicted molar refractivity (Wildman–Crippen MR) is 102 cm³/mol. The molecule has 3 rings (SSSR count). The van der Waals surface area contributed by atoms with Gasteiger partial charge in [-0.05, 0) is 23.8 Å². The Bertz CT molecular complexity index is 1040. The lowest BCUT2D eigenvalue weighted by atomic mass is 10.2. The highest BCUT2D eigenvalue weighted by Gasteiger charge is 2.22. The molecule has 146 valence electrons. The molecule has 0 fully saturated rings. The Hall–Kier alpha value is -2.64. The lowest BCUT2D eigenvalue weighted by molar-refractivity contribution is 0.0422. The van der Waals surface area contributed by atoms with Crippen molar-refractivity contribution in [2.75, 3.05) is 6.61 Å². The molecule has 28 heavy (non-hydrogen) atoms. The van der Waals surface area contributed by atoms with Crippen LogP contribution in [-0.2, 0) is 6.54 Å². The minimum Gasteiger partial charge on any atom is -0.506 e. The zero-order chi connectivity index (χ0) is 20.3. The van der Waals surface area contributed by atoms with E-state index >= 15 is 0 Å². The van der Waals surface area contributed by atoms with Gasteiger partial charge in [0, 0.05) is 24.0 Å². The molecule has 0 aliphatic rings. The van der Waals surface area contributed by atoms with E-state index in [1.165, 1.54) is 50.6 Å². The average Bonchev–Trinajstić information content (AvgIpc) is 2.65. The Kier molecular flexibility index (Phi) is 5.86. The van der Waals surface area contributed by atoms with Crippen LogP contribution in [0.25, 0.3) is 11.3 Å². The first-order chi connectivity index (χ1) is 13.2. The van der Waals surface area contributed by atoms with E-state index in [2.05, 4.69) is 15.1 Å². The molecule has 0 bridgehead atoms. The van der Waals surface area contributed by atoms with Crippen molar-refractivity contribution < 1.29 is 18.6 Å². The Balaban J connectivity index is 1.80. The second kappa shape index (κ2) is 8.16. The molecule has 1 aromatic carbocycles. The summed E-state index contributed by atoms with van der Waals surface area (Å²) in [6.45, 7) is -0.729. The van der Waals surface area contributed by atoms with E-state index in [4.69, 9.17) is 16.3 Å². The van der Waals surface area contributed by atoms with E-state index < -0.39 is 12.3 Å². The van der Waals surface area contributed by atoms with Gasteiger partial charge in [-0.25, -0.2) is 14.6 Å². The highest BCUT2D eigenvalue weighted by Crippen LogP contribution is 2.24. The summed E-state index contributed by atoms with van der Waals surface area (Å²) in [5, 5.41) is 13.9. The summed E-state index contributed by atoms with van der Waals surface area (Å²) >= 11 is 5.88.